The zero-order valence-electron chi connectivity index (χ0n) is 15.1. The van der Waals surface area contributed by atoms with Gasteiger partial charge in [0.05, 0.1) is 11.4 Å². The number of halogens is 1. The second-order valence-corrected chi connectivity index (χ2v) is 5.63. The van der Waals surface area contributed by atoms with Crippen LogP contribution in [0.5, 0.6) is 5.75 Å². The van der Waals surface area contributed by atoms with E-state index in [2.05, 4.69) is 15.0 Å². The summed E-state index contributed by atoms with van der Waals surface area (Å²) in [6.07, 6.45) is 2.71. The van der Waals surface area contributed by atoms with Crippen molar-refractivity contribution in [3.8, 4) is 5.75 Å². The zero-order valence-corrected chi connectivity index (χ0v) is 15.1. The van der Waals surface area contributed by atoms with Gasteiger partial charge in [0.1, 0.15) is 0 Å². The molecule has 0 aliphatic rings. The Kier molecular flexibility index (Phi) is 7.30. The van der Waals surface area contributed by atoms with Gasteiger partial charge in [-0.05, 0) is 25.8 Å². The SMILES string of the molecule is CN=COc1c(C(C)C)ccc(C(C=NC)=N/C(C)=C(\C)N)c1F. The van der Waals surface area contributed by atoms with E-state index in [0.29, 0.717) is 22.7 Å². The topological polar surface area (TPSA) is 72.3 Å². The number of hydrogen-bond donors (Lipinski definition) is 1. The molecule has 0 spiro atoms. The first-order chi connectivity index (χ1) is 11.3. The lowest BCUT2D eigenvalue weighted by Gasteiger charge is -2.15. The molecular weight excluding hydrogens is 307 g/mol. The Bertz CT molecular complexity index is 699. The molecule has 0 aliphatic carbocycles. The molecule has 1 rings (SSSR count). The fraction of sp³-hybridized carbons (Fsp3) is 0.389. The van der Waals surface area contributed by atoms with Crippen LogP contribution in [-0.4, -0.2) is 32.4 Å². The van der Waals surface area contributed by atoms with Crippen molar-refractivity contribution in [1.82, 2.24) is 0 Å². The van der Waals surface area contributed by atoms with E-state index in [-0.39, 0.29) is 11.7 Å². The van der Waals surface area contributed by atoms with E-state index in [4.69, 9.17) is 10.5 Å². The van der Waals surface area contributed by atoms with Crippen LogP contribution in [0.3, 0.4) is 0 Å². The third-order valence-corrected chi connectivity index (χ3v) is 3.41. The number of ether oxygens (including phenoxy) is 1. The normalized spacial score (nSPS) is 13.9. The van der Waals surface area contributed by atoms with Crippen LogP contribution in [0.2, 0.25) is 0 Å². The minimum absolute atomic E-state index is 0.0990. The predicted molar refractivity (Wildman–Crippen MR) is 99.0 cm³/mol. The zero-order chi connectivity index (χ0) is 18.3. The van der Waals surface area contributed by atoms with Gasteiger partial charge in [-0.3, -0.25) is 9.98 Å². The molecule has 0 fully saturated rings. The van der Waals surface area contributed by atoms with Crippen LogP contribution in [-0.2, 0) is 0 Å². The Hall–Kier alpha value is -2.50. The minimum atomic E-state index is -0.498. The molecule has 0 heterocycles. The summed E-state index contributed by atoms with van der Waals surface area (Å²) in [6, 6.07) is 3.51. The molecular formula is C18H25FN4O. The summed E-state index contributed by atoms with van der Waals surface area (Å²) in [5.41, 5.74) is 8.35. The fourth-order valence-corrected chi connectivity index (χ4v) is 2.00. The van der Waals surface area contributed by atoms with Gasteiger partial charge in [0.15, 0.2) is 18.0 Å². The molecule has 0 saturated heterocycles. The Balaban J connectivity index is 3.59. The summed E-state index contributed by atoms with van der Waals surface area (Å²) in [7, 11) is 3.16. The summed E-state index contributed by atoms with van der Waals surface area (Å²) in [4.78, 5) is 12.1. The Morgan fingerprint density at radius 1 is 1.21 bits per heavy atom. The lowest BCUT2D eigenvalue weighted by atomic mass is 9.98. The van der Waals surface area contributed by atoms with Crippen molar-refractivity contribution in [2.24, 2.45) is 20.7 Å². The third kappa shape index (κ3) is 4.75. The van der Waals surface area contributed by atoms with E-state index < -0.39 is 5.82 Å². The molecule has 0 saturated carbocycles. The molecule has 0 aliphatic heterocycles. The molecule has 24 heavy (non-hydrogen) atoms. The van der Waals surface area contributed by atoms with Crippen molar-refractivity contribution >= 4 is 18.3 Å². The summed E-state index contributed by atoms with van der Waals surface area (Å²) in [5.74, 6) is -0.249. The summed E-state index contributed by atoms with van der Waals surface area (Å²) < 4.78 is 20.5. The van der Waals surface area contributed by atoms with Crippen LogP contribution >= 0.6 is 0 Å². The molecule has 0 aromatic heterocycles. The number of allylic oxidation sites excluding steroid dienone is 2. The highest BCUT2D eigenvalue weighted by Crippen LogP contribution is 2.31. The molecule has 1 aromatic carbocycles. The minimum Gasteiger partial charge on any atom is -0.443 e. The van der Waals surface area contributed by atoms with Crippen molar-refractivity contribution in [1.29, 1.82) is 0 Å². The van der Waals surface area contributed by atoms with E-state index in [0.717, 1.165) is 5.56 Å². The van der Waals surface area contributed by atoms with Crippen molar-refractivity contribution in [3.05, 3.63) is 40.5 Å². The maximum absolute atomic E-state index is 15.1. The van der Waals surface area contributed by atoms with Gasteiger partial charge in [-0.25, -0.2) is 9.38 Å². The molecule has 2 N–H and O–H groups in total. The van der Waals surface area contributed by atoms with Gasteiger partial charge in [0.25, 0.3) is 0 Å². The Morgan fingerprint density at radius 2 is 1.88 bits per heavy atom. The average molecular weight is 332 g/mol. The molecule has 1 aromatic rings. The highest BCUT2D eigenvalue weighted by atomic mass is 19.1. The average Bonchev–Trinajstić information content (AvgIpc) is 2.52. The first kappa shape index (κ1) is 19.5. The van der Waals surface area contributed by atoms with Gasteiger partial charge < -0.3 is 10.5 Å². The highest BCUT2D eigenvalue weighted by Gasteiger charge is 2.19. The molecule has 6 heteroatoms. The Morgan fingerprint density at radius 3 is 2.38 bits per heavy atom. The molecule has 5 nitrogen and oxygen atoms in total. The molecule has 0 unspecified atom stereocenters. The van der Waals surface area contributed by atoms with E-state index in [9.17, 15) is 0 Å². The van der Waals surface area contributed by atoms with Crippen LogP contribution in [0.25, 0.3) is 0 Å². The van der Waals surface area contributed by atoms with Crippen molar-refractivity contribution in [2.75, 3.05) is 14.1 Å². The van der Waals surface area contributed by atoms with Gasteiger partial charge >= 0.3 is 0 Å². The number of rotatable bonds is 6. The maximum Gasteiger partial charge on any atom is 0.176 e. The van der Waals surface area contributed by atoms with Crippen molar-refractivity contribution in [3.63, 3.8) is 0 Å². The predicted octanol–water partition coefficient (Wildman–Crippen LogP) is 3.69. The number of nitrogens with two attached hydrogens (primary N) is 1. The fourth-order valence-electron chi connectivity index (χ4n) is 2.00. The standard InChI is InChI=1S/C18H25FN4O/c1-11(2)14-7-8-15(17(19)18(14)24-10-22-6)16(9-21-5)23-13(4)12(3)20/h7-11H,20H2,1-6H3/b13-12+,21-9?,22-10?,23-16?. The van der Waals surface area contributed by atoms with E-state index in [1.165, 1.54) is 12.6 Å². The van der Waals surface area contributed by atoms with Crippen LogP contribution < -0.4 is 10.5 Å². The number of aliphatic imine (C=N–C) groups is 3. The summed E-state index contributed by atoms with van der Waals surface area (Å²) >= 11 is 0. The first-order valence-corrected chi connectivity index (χ1v) is 7.67. The van der Waals surface area contributed by atoms with Gasteiger partial charge in [-0.2, -0.15) is 0 Å². The van der Waals surface area contributed by atoms with Crippen LogP contribution in [0, 0.1) is 5.82 Å². The van der Waals surface area contributed by atoms with Crippen molar-refractivity contribution in [2.45, 2.75) is 33.6 Å². The number of hydrogen-bond acceptors (Lipinski definition) is 5. The molecule has 0 atom stereocenters. The van der Waals surface area contributed by atoms with Crippen LogP contribution in [0.1, 0.15) is 44.7 Å². The van der Waals surface area contributed by atoms with Crippen LogP contribution in [0.15, 0.2) is 38.5 Å². The Labute approximate surface area is 142 Å². The van der Waals surface area contributed by atoms with Gasteiger partial charge in [0.2, 0.25) is 0 Å². The van der Waals surface area contributed by atoms with E-state index in [1.54, 1.807) is 34.0 Å². The van der Waals surface area contributed by atoms with Gasteiger partial charge in [0, 0.05) is 37.1 Å². The highest BCUT2D eigenvalue weighted by molar-refractivity contribution is 6.38. The van der Waals surface area contributed by atoms with Crippen LogP contribution in [0.4, 0.5) is 4.39 Å². The second kappa shape index (κ2) is 8.96. The monoisotopic (exact) mass is 332 g/mol. The number of nitrogens with zero attached hydrogens (tertiary/aromatic N) is 3. The van der Waals surface area contributed by atoms with Gasteiger partial charge in [-0.15, -0.1) is 0 Å². The number of benzene rings is 1. The lowest BCUT2D eigenvalue weighted by Crippen LogP contribution is -2.10. The van der Waals surface area contributed by atoms with Crippen molar-refractivity contribution < 1.29 is 9.13 Å². The third-order valence-electron chi connectivity index (χ3n) is 3.41. The lowest BCUT2D eigenvalue weighted by molar-refractivity contribution is 0.493. The van der Waals surface area contributed by atoms with E-state index in [1.807, 2.05) is 19.9 Å². The summed E-state index contributed by atoms with van der Waals surface area (Å²) in [6.45, 7) is 7.44. The molecule has 0 amide bonds. The molecule has 0 radical (unpaired) electrons. The van der Waals surface area contributed by atoms with Gasteiger partial charge in [-0.1, -0.05) is 19.9 Å². The molecule has 0 bridgehead atoms. The first-order valence-electron chi connectivity index (χ1n) is 7.67. The molecule has 130 valence electrons. The quantitative estimate of drug-likeness (QED) is 0.637. The largest absolute Gasteiger partial charge is 0.443 e. The smallest absolute Gasteiger partial charge is 0.176 e. The van der Waals surface area contributed by atoms with E-state index >= 15 is 4.39 Å². The maximum atomic E-state index is 15.1. The second-order valence-electron chi connectivity index (χ2n) is 5.63. The summed E-state index contributed by atoms with van der Waals surface area (Å²) in [5, 5.41) is 0.